The fourth-order valence-electron chi connectivity index (χ4n) is 1.59. The molecule has 0 aromatic heterocycles. The molecule has 0 saturated carbocycles. The van der Waals surface area contributed by atoms with Gasteiger partial charge in [0.25, 0.3) is 0 Å². The number of nitrogens with zero attached hydrogens (tertiary/aromatic N) is 1. The lowest BCUT2D eigenvalue weighted by molar-refractivity contribution is -0.139. The van der Waals surface area contributed by atoms with Crippen molar-refractivity contribution in [1.29, 1.82) is 5.26 Å². The molecule has 0 amide bonds. The zero-order valence-electron chi connectivity index (χ0n) is 11.4. The van der Waals surface area contributed by atoms with E-state index in [1.807, 2.05) is 13.8 Å². The lowest BCUT2D eigenvalue weighted by Gasteiger charge is -2.14. The minimum Gasteiger partial charge on any atom is -0.493 e. The molecule has 0 saturated heterocycles. The van der Waals surface area contributed by atoms with E-state index in [2.05, 4.69) is 5.32 Å². The van der Waals surface area contributed by atoms with Crippen molar-refractivity contribution < 1.29 is 17.9 Å². The number of nitriles is 1. The third-order valence-electron chi connectivity index (χ3n) is 2.55. The predicted octanol–water partition coefficient (Wildman–Crippen LogP) is 3.34. The lowest BCUT2D eigenvalue weighted by Crippen LogP contribution is -2.25. The summed E-state index contributed by atoms with van der Waals surface area (Å²) in [6.45, 7) is 4.84. The Balaban J connectivity index is 2.68. The van der Waals surface area contributed by atoms with Crippen LogP contribution in [0.3, 0.4) is 0 Å². The standard InChI is InChI=1S/C14H17F3N2O/c1-10(2)19-6-3-7-20-13-5-4-11(9-18)8-12(13)14(15,16)17/h4-5,8,10,19H,3,6-7H2,1-2H3. The minimum atomic E-state index is -4.53. The van der Waals surface area contributed by atoms with Gasteiger partial charge in [-0.2, -0.15) is 18.4 Å². The van der Waals surface area contributed by atoms with Crippen LogP contribution < -0.4 is 10.1 Å². The van der Waals surface area contributed by atoms with Gasteiger partial charge in [0.1, 0.15) is 5.75 Å². The van der Waals surface area contributed by atoms with Crippen LogP contribution in [-0.2, 0) is 6.18 Å². The van der Waals surface area contributed by atoms with Gasteiger partial charge in [0, 0.05) is 6.04 Å². The van der Waals surface area contributed by atoms with Crippen LogP contribution >= 0.6 is 0 Å². The Kier molecular flexibility index (Phi) is 5.83. The van der Waals surface area contributed by atoms with E-state index in [-0.39, 0.29) is 17.9 Å². The molecular weight excluding hydrogens is 269 g/mol. The molecule has 1 rings (SSSR count). The maximum absolute atomic E-state index is 12.8. The Hall–Kier alpha value is -1.74. The van der Waals surface area contributed by atoms with E-state index in [4.69, 9.17) is 10.00 Å². The molecule has 0 aliphatic rings. The average Bonchev–Trinajstić information content (AvgIpc) is 2.37. The summed E-state index contributed by atoms with van der Waals surface area (Å²) in [4.78, 5) is 0. The monoisotopic (exact) mass is 286 g/mol. The van der Waals surface area contributed by atoms with Crippen molar-refractivity contribution in [2.45, 2.75) is 32.5 Å². The first-order valence-corrected chi connectivity index (χ1v) is 6.32. The second kappa shape index (κ2) is 7.15. The van der Waals surface area contributed by atoms with Gasteiger partial charge in [0.15, 0.2) is 0 Å². The number of hydrogen-bond acceptors (Lipinski definition) is 3. The number of halogens is 3. The number of alkyl halides is 3. The number of benzene rings is 1. The van der Waals surface area contributed by atoms with Crippen LogP contribution in [0.5, 0.6) is 5.75 Å². The molecule has 0 unspecified atom stereocenters. The third-order valence-corrected chi connectivity index (χ3v) is 2.55. The van der Waals surface area contributed by atoms with E-state index >= 15 is 0 Å². The molecule has 1 aromatic carbocycles. The molecule has 20 heavy (non-hydrogen) atoms. The largest absolute Gasteiger partial charge is 0.493 e. The van der Waals surface area contributed by atoms with Crippen LogP contribution in [0.15, 0.2) is 18.2 Å². The Morgan fingerprint density at radius 1 is 1.35 bits per heavy atom. The fourth-order valence-corrected chi connectivity index (χ4v) is 1.59. The molecule has 0 aliphatic carbocycles. The highest BCUT2D eigenvalue weighted by Crippen LogP contribution is 2.36. The van der Waals surface area contributed by atoms with Crippen molar-refractivity contribution in [1.82, 2.24) is 5.32 Å². The van der Waals surface area contributed by atoms with Gasteiger partial charge in [0.05, 0.1) is 23.8 Å². The van der Waals surface area contributed by atoms with Gasteiger partial charge in [0.2, 0.25) is 0 Å². The second-order valence-electron chi connectivity index (χ2n) is 4.63. The number of hydrogen-bond donors (Lipinski definition) is 1. The molecule has 0 spiro atoms. The van der Waals surface area contributed by atoms with Gasteiger partial charge in [-0.15, -0.1) is 0 Å². The van der Waals surface area contributed by atoms with Crippen LogP contribution in [0.1, 0.15) is 31.4 Å². The van der Waals surface area contributed by atoms with Crippen molar-refractivity contribution in [2.75, 3.05) is 13.2 Å². The molecule has 0 bridgehead atoms. The fraction of sp³-hybridized carbons (Fsp3) is 0.500. The Labute approximate surface area is 116 Å². The topological polar surface area (TPSA) is 45.0 Å². The molecule has 0 heterocycles. The molecule has 0 fully saturated rings. The van der Waals surface area contributed by atoms with Crippen LogP contribution in [0.2, 0.25) is 0 Å². The third kappa shape index (κ3) is 5.10. The molecule has 0 radical (unpaired) electrons. The van der Waals surface area contributed by atoms with E-state index in [1.54, 1.807) is 6.07 Å². The van der Waals surface area contributed by atoms with Crippen LogP contribution in [0.4, 0.5) is 13.2 Å². The highest BCUT2D eigenvalue weighted by Gasteiger charge is 2.34. The van der Waals surface area contributed by atoms with E-state index in [1.165, 1.54) is 12.1 Å². The number of rotatable bonds is 6. The molecule has 6 heteroatoms. The van der Waals surface area contributed by atoms with Crippen LogP contribution in [0, 0.1) is 11.3 Å². The van der Waals surface area contributed by atoms with E-state index in [0.717, 1.165) is 6.07 Å². The molecular formula is C14H17F3N2O. The smallest absolute Gasteiger partial charge is 0.420 e. The molecule has 110 valence electrons. The summed E-state index contributed by atoms with van der Waals surface area (Å²) in [6.07, 6.45) is -3.92. The van der Waals surface area contributed by atoms with Crippen molar-refractivity contribution in [3.8, 4) is 11.8 Å². The summed E-state index contributed by atoms with van der Waals surface area (Å²) < 4.78 is 43.7. The van der Waals surface area contributed by atoms with Gasteiger partial charge in [-0.05, 0) is 31.2 Å². The van der Waals surface area contributed by atoms with Crippen molar-refractivity contribution in [2.24, 2.45) is 0 Å². The summed E-state index contributed by atoms with van der Waals surface area (Å²) in [5.41, 5.74) is -0.945. The Morgan fingerprint density at radius 3 is 2.60 bits per heavy atom. The van der Waals surface area contributed by atoms with Crippen LogP contribution in [0.25, 0.3) is 0 Å². The molecule has 0 aliphatic heterocycles. The molecule has 0 atom stereocenters. The SMILES string of the molecule is CC(C)NCCCOc1ccc(C#N)cc1C(F)(F)F. The zero-order valence-corrected chi connectivity index (χ0v) is 11.4. The Bertz CT molecular complexity index is 478. The number of ether oxygens (including phenoxy) is 1. The van der Waals surface area contributed by atoms with Gasteiger partial charge >= 0.3 is 6.18 Å². The normalized spacial score (nSPS) is 11.4. The first-order chi connectivity index (χ1) is 9.34. The summed E-state index contributed by atoms with van der Waals surface area (Å²) in [6, 6.07) is 5.33. The summed E-state index contributed by atoms with van der Waals surface area (Å²) in [5.74, 6) is -0.235. The minimum absolute atomic E-state index is 0.0360. The second-order valence-corrected chi connectivity index (χ2v) is 4.63. The molecule has 1 N–H and O–H groups in total. The van der Waals surface area contributed by atoms with E-state index in [9.17, 15) is 13.2 Å². The zero-order chi connectivity index (χ0) is 15.2. The molecule has 1 aromatic rings. The highest BCUT2D eigenvalue weighted by molar-refractivity contribution is 5.43. The quantitative estimate of drug-likeness (QED) is 0.816. The van der Waals surface area contributed by atoms with Crippen molar-refractivity contribution in [3.63, 3.8) is 0 Å². The first-order valence-electron chi connectivity index (χ1n) is 6.32. The summed E-state index contributed by atoms with van der Waals surface area (Å²) in [7, 11) is 0. The summed E-state index contributed by atoms with van der Waals surface area (Å²) >= 11 is 0. The van der Waals surface area contributed by atoms with Crippen LogP contribution in [-0.4, -0.2) is 19.2 Å². The molecule has 3 nitrogen and oxygen atoms in total. The average molecular weight is 286 g/mol. The van der Waals surface area contributed by atoms with Gasteiger partial charge < -0.3 is 10.1 Å². The van der Waals surface area contributed by atoms with Gasteiger partial charge in [-0.1, -0.05) is 13.8 Å². The maximum atomic E-state index is 12.8. The maximum Gasteiger partial charge on any atom is 0.420 e. The highest BCUT2D eigenvalue weighted by atomic mass is 19.4. The van der Waals surface area contributed by atoms with E-state index in [0.29, 0.717) is 19.0 Å². The van der Waals surface area contributed by atoms with Gasteiger partial charge in [-0.3, -0.25) is 0 Å². The van der Waals surface area contributed by atoms with Gasteiger partial charge in [-0.25, -0.2) is 0 Å². The Morgan fingerprint density at radius 2 is 2.05 bits per heavy atom. The van der Waals surface area contributed by atoms with E-state index < -0.39 is 11.7 Å². The lowest BCUT2D eigenvalue weighted by atomic mass is 10.1. The van der Waals surface area contributed by atoms with Crippen molar-refractivity contribution >= 4 is 0 Å². The predicted molar refractivity (Wildman–Crippen MR) is 69.4 cm³/mol. The number of nitrogens with one attached hydrogen (secondary N) is 1. The van der Waals surface area contributed by atoms with Crippen molar-refractivity contribution in [3.05, 3.63) is 29.3 Å². The first kappa shape index (κ1) is 16.3. The summed E-state index contributed by atoms with van der Waals surface area (Å²) in [5, 5.41) is 11.8.